The lowest BCUT2D eigenvalue weighted by atomic mass is 10.2. The molecule has 0 atom stereocenters. The zero-order valence-electron chi connectivity index (χ0n) is 11.4. The standard InChI is InChI=1S/C13H14N4O2S2/c1-14-8(18)6-16-11(19)9-10(7-2-3-7)21-13(17-9)12-15-4-5-20-12/h4-5,7H,2-3,6H2,1H3,(H,14,18)(H,16,19). The molecule has 1 saturated carbocycles. The fourth-order valence-electron chi connectivity index (χ4n) is 1.87. The van der Waals surface area contributed by atoms with Crippen LogP contribution in [0.1, 0.15) is 34.1 Å². The van der Waals surface area contributed by atoms with Gasteiger partial charge in [0.1, 0.15) is 5.69 Å². The summed E-state index contributed by atoms with van der Waals surface area (Å²) in [6.07, 6.45) is 3.91. The van der Waals surface area contributed by atoms with Crippen LogP contribution >= 0.6 is 22.7 Å². The smallest absolute Gasteiger partial charge is 0.271 e. The number of hydrogen-bond donors (Lipinski definition) is 2. The molecular weight excluding hydrogens is 308 g/mol. The van der Waals surface area contributed by atoms with Crippen LogP contribution in [0.4, 0.5) is 0 Å². The topological polar surface area (TPSA) is 84.0 Å². The van der Waals surface area contributed by atoms with Crippen molar-refractivity contribution < 1.29 is 9.59 Å². The largest absolute Gasteiger partial charge is 0.358 e. The van der Waals surface area contributed by atoms with Gasteiger partial charge in [-0.3, -0.25) is 9.59 Å². The van der Waals surface area contributed by atoms with E-state index < -0.39 is 0 Å². The quantitative estimate of drug-likeness (QED) is 0.876. The number of carbonyl (C=O) groups excluding carboxylic acids is 2. The molecule has 2 heterocycles. The molecule has 0 aromatic carbocycles. The fourth-order valence-corrected chi connectivity index (χ4v) is 3.78. The first-order valence-corrected chi connectivity index (χ1v) is 8.28. The number of nitrogens with one attached hydrogen (secondary N) is 2. The summed E-state index contributed by atoms with van der Waals surface area (Å²) in [6, 6.07) is 0. The second kappa shape index (κ2) is 5.90. The highest BCUT2D eigenvalue weighted by Gasteiger charge is 2.32. The number of aromatic nitrogens is 2. The molecule has 110 valence electrons. The molecule has 1 aliphatic carbocycles. The van der Waals surface area contributed by atoms with E-state index >= 15 is 0 Å². The molecule has 6 nitrogen and oxygen atoms in total. The van der Waals surface area contributed by atoms with Gasteiger partial charge in [0.05, 0.1) is 6.54 Å². The van der Waals surface area contributed by atoms with Crippen molar-refractivity contribution in [3.63, 3.8) is 0 Å². The number of nitrogens with zero attached hydrogens (tertiary/aromatic N) is 2. The van der Waals surface area contributed by atoms with E-state index in [9.17, 15) is 9.59 Å². The number of hydrogen-bond acceptors (Lipinski definition) is 6. The van der Waals surface area contributed by atoms with Crippen LogP contribution in [0.5, 0.6) is 0 Å². The maximum atomic E-state index is 12.2. The summed E-state index contributed by atoms with van der Waals surface area (Å²) in [7, 11) is 1.54. The zero-order valence-corrected chi connectivity index (χ0v) is 13.0. The minimum Gasteiger partial charge on any atom is -0.358 e. The fraction of sp³-hybridized carbons (Fsp3) is 0.385. The maximum Gasteiger partial charge on any atom is 0.271 e. The molecule has 0 bridgehead atoms. The van der Waals surface area contributed by atoms with Crippen LogP contribution in [0.15, 0.2) is 11.6 Å². The summed E-state index contributed by atoms with van der Waals surface area (Å²) < 4.78 is 0. The summed E-state index contributed by atoms with van der Waals surface area (Å²) in [5.41, 5.74) is 0.441. The van der Waals surface area contributed by atoms with Gasteiger partial charge in [0, 0.05) is 23.5 Å². The molecule has 0 spiro atoms. The molecule has 1 aliphatic rings. The van der Waals surface area contributed by atoms with Crippen LogP contribution in [0.3, 0.4) is 0 Å². The van der Waals surface area contributed by atoms with E-state index in [1.54, 1.807) is 6.20 Å². The molecule has 2 N–H and O–H groups in total. The van der Waals surface area contributed by atoms with Crippen molar-refractivity contribution in [1.82, 2.24) is 20.6 Å². The first-order chi connectivity index (χ1) is 10.2. The molecule has 0 radical (unpaired) electrons. The number of rotatable bonds is 5. The Morgan fingerprint density at radius 2 is 2.19 bits per heavy atom. The molecule has 2 amide bonds. The first kappa shape index (κ1) is 14.2. The number of thiazole rings is 2. The van der Waals surface area contributed by atoms with Crippen molar-refractivity contribution in [2.24, 2.45) is 0 Å². The summed E-state index contributed by atoms with van der Waals surface area (Å²) in [5, 5.41) is 8.57. The number of amides is 2. The van der Waals surface area contributed by atoms with Crippen molar-refractivity contribution in [2.45, 2.75) is 18.8 Å². The van der Waals surface area contributed by atoms with E-state index in [4.69, 9.17) is 0 Å². The molecule has 3 rings (SSSR count). The van der Waals surface area contributed by atoms with Gasteiger partial charge in [0.25, 0.3) is 5.91 Å². The van der Waals surface area contributed by atoms with Gasteiger partial charge in [-0.1, -0.05) is 0 Å². The van der Waals surface area contributed by atoms with Crippen LogP contribution in [0.2, 0.25) is 0 Å². The lowest BCUT2D eigenvalue weighted by Gasteiger charge is -2.03. The lowest BCUT2D eigenvalue weighted by Crippen LogP contribution is -2.35. The van der Waals surface area contributed by atoms with Gasteiger partial charge in [-0.2, -0.15) is 0 Å². The minimum absolute atomic E-state index is 0.0381. The van der Waals surface area contributed by atoms with Crippen LogP contribution in [0.25, 0.3) is 10.0 Å². The SMILES string of the molecule is CNC(=O)CNC(=O)c1nc(-c2nccs2)sc1C1CC1. The van der Waals surface area contributed by atoms with Gasteiger partial charge >= 0.3 is 0 Å². The summed E-state index contributed by atoms with van der Waals surface area (Å²) in [4.78, 5) is 33.1. The third-order valence-corrected chi connectivity index (χ3v) is 5.25. The Labute approximate surface area is 129 Å². The van der Waals surface area contributed by atoms with E-state index in [1.165, 1.54) is 29.7 Å². The Morgan fingerprint density at radius 3 is 2.81 bits per heavy atom. The summed E-state index contributed by atoms with van der Waals surface area (Å²) in [6.45, 7) is -0.0381. The molecule has 21 heavy (non-hydrogen) atoms. The third kappa shape index (κ3) is 3.11. The van der Waals surface area contributed by atoms with Crippen LogP contribution in [-0.4, -0.2) is 35.4 Å². The first-order valence-electron chi connectivity index (χ1n) is 6.58. The summed E-state index contributed by atoms with van der Waals surface area (Å²) >= 11 is 3.04. The van der Waals surface area contributed by atoms with Gasteiger partial charge in [0.15, 0.2) is 10.0 Å². The van der Waals surface area contributed by atoms with Crippen molar-refractivity contribution in [3.05, 3.63) is 22.1 Å². The minimum atomic E-state index is -0.292. The van der Waals surface area contributed by atoms with E-state index in [1.807, 2.05) is 5.38 Å². The van der Waals surface area contributed by atoms with Gasteiger partial charge < -0.3 is 10.6 Å². The predicted molar refractivity (Wildman–Crippen MR) is 81.6 cm³/mol. The Bertz CT molecular complexity index is 662. The molecule has 2 aromatic heterocycles. The van der Waals surface area contributed by atoms with Gasteiger partial charge in [0.2, 0.25) is 5.91 Å². The summed E-state index contributed by atoms with van der Waals surface area (Å²) in [5.74, 6) is -0.0942. The van der Waals surface area contributed by atoms with Crippen molar-refractivity contribution >= 4 is 34.5 Å². The number of likely N-dealkylation sites (N-methyl/N-ethyl adjacent to an activating group) is 1. The number of carbonyl (C=O) groups is 2. The van der Waals surface area contributed by atoms with E-state index in [0.717, 1.165) is 27.7 Å². The van der Waals surface area contributed by atoms with Crippen LogP contribution < -0.4 is 10.6 Å². The third-order valence-electron chi connectivity index (χ3n) is 3.12. The highest BCUT2D eigenvalue weighted by atomic mass is 32.1. The predicted octanol–water partition coefficient (Wildman–Crippen LogP) is 1.62. The molecule has 0 saturated heterocycles. The molecule has 2 aromatic rings. The van der Waals surface area contributed by atoms with E-state index in [0.29, 0.717) is 11.6 Å². The van der Waals surface area contributed by atoms with E-state index in [2.05, 4.69) is 20.6 Å². The maximum absolute atomic E-state index is 12.2. The second-order valence-corrected chi connectivity index (χ2v) is 6.62. The van der Waals surface area contributed by atoms with Gasteiger partial charge in [-0.15, -0.1) is 22.7 Å². The average Bonchev–Trinajstić information content (AvgIpc) is 3.03. The Morgan fingerprint density at radius 1 is 1.38 bits per heavy atom. The zero-order chi connectivity index (χ0) is 14.8. The Balaban J connectivity index is 1.83. The van der Waals surface area contributed by atoms with Gasteiger partial charge in [-0.25, -0.2) is 9.97 Å². The van der Waals surface area contributed by atoms with Crippen molar-refractivity contribution in [3.8, 4) is 10.0 Å². The Hall–Kier alpha value is -1.80. The highest BCUT2D eigenvalue weighted by Crippen LogP contribution is 2.46. The molecular formula is C13H14N4O2S2. The molecule has 1 fully saturated rings. The normalized spacial score (nSPS) is 14.0. The van der Waals surface area contributed by atoms with Gasteiger partial charge in [-0.05, 0) is 18.8 Å². The van der Waals surface area contributed by atoms with Crippen LogP contribution in [0, 0.1) is 0 Å². The highest BCUT2D eigenvalue weighted by molar-refractivity contribution is 7.20. The van der Waals surface area contributed by atoms with Crippen molar-refractivity contribution in [2.75, 3.05) is 13.6 Å². The van der Waals surface area contributed by atoms with Crippen LogP contribution in [-0.2, 0) is 4.79 Å². The Kier molecular flexibility index (Phi) is 3.98. The molecule has 8 heteroatoms. The molecule has 0 unspecified atom stereocenters. The van der Waals surface area contributed by atoms with E-state index in [-0.39, 0.29) is 18.4 Å². The molecule has 0 aliphatic heterocycles. The van der Waals surface area contributed by atoms with Crippen molar-refractivity contribution in [1.29, 1.82) is 0 Å². The average molecular weight is 322 g/mol. The monoisotopic (exact) mass is 322 g/mol. The second-order valence-electron chi connectivity index (χ2n) is 4.70. The lowest BCUT2D eigenvalue weighted by molar-refractivity contribution is -0.119.